The number of carbonyl (C=O) groups excluding carboxylic acids is 1. The fraction of sp³-hybridized carbons (Fsp3) is 0.143. The van der Waals surface area contributed by atoms with Gasteiger partial charge in [0.15, 0.2) is 5.16 Å². The van der Waals surface area contributed by atoms with E-state index in [1.54, 1.807) is 30.5 Å². The molecule has 0 saturated carbocycles. The van der Waals surface area contributed by atoms with Crippen molar-refractivity contribution < 1.29 is 4.79 Å². The molecule has 2 aromatic carbocycles. The van der Waals surface area contributed by atoms with Crippen LogP contribution < -0.4 is 10.6 Å². The van der Waals surface area contributed by atoms with Crippen molar-refractivity contribution in [1.82, 2.24) is 19.5 Å². The van der Waals surface area contributed by atoms with Crippen LogP contribution in [0.3, 0.4) is 0 Å². The standard InChI is InChI=1S/C21H19ClN6OS/c1-13-8-9-23-21(24-13)30-12-19-27-17-11-16(6-7-18(17)28(19)2)26-20(29)25-15-5-3-4-14(22)10-15/h3-11H,12H2,1-2H3,(H2,25,26,29). The van der Waals surface area contributed by atoms with Crippen LogP contribution >= 0.6 is 23.4 Å². The highest BCUT2D eigenvalue weighted by molar-refractivity contribution is 7.98. The number of rotatable bonds is 5. The first-order valence-electron chi connectivity index (χ1n) is 9.19. The Morgan fingerprint density at radius 2 is 1.90 bits per heavy atom. The smallest absolute Gasteiger partial charge is 0.323 e. The van der Waals surface area contributed by atoms with Crippen LogP contribution in [-0.2, 0) is 12.8 Å². The van der Waals surface area contributed by atoms with Crippen molar-refractivity contribution in [1.29, 1.82) is 0 Å². The molecule has 0 bridgehead atoms. The molecule has 0 aliphatic heterocycles. The van der Waals surface area contributed by atoms with Gasteiger partial charge in [0.25, 0.3) is 0 Å². The van der Waals surface area contributed by atoms with Crippen LogP contribution in [0.15, 0.2) is 59.9 Å². The zero-order chi connectivity index (χ0) is 21.1. The highest BCUT2D eigenvalue weighted by Crippen LogP contribution is 2.24. The first-order chi connectivity index (χ1) is 14.5. The van der Waals surface area contributed by atoms with E-state index in [4.69, 9.17) is 16.6 Å². The number of imidazole rings is 1. The lowest BCUT2D eigenvalue weighted by Crippen LogP contribution is -2.19. The average molecular weight is 439 g/mol. The van der Waals surface area contributed by atoms with Crippen molar-refractivity contribution in [2.75, 3.05) is 10.6 Å². The Labute approximate surface area is 182 Å². The van der Waals surface area contributed by atoms with E-state index in [0.717, 1.165) is 27.7 Å². The number of thioether (sulfide) groups is 1. The van der Waals surface area contributed by atoms with E-state index >= 15 is 0 Å². The first-order valence-corrected chi connectivity index (χ1v) is 10.6. The molecular formula is C21H19ClN6OS. The Hall–Kier alpha value is -3.10. The summed E-state index contributed by atoms with van der Waals surface area (Å²) < 4.78 is 2.04. The molecule has 0 fully saturated rings. The minimum atomic E-state index is -0.347. The van der Waals surface area contributed by atoms with E-state index in [0.29, 0.717) is 22.2 Å². The third-order valence-electron chi connectivity index (χ3n) is 4.42. The SMILES string of the molecule is Cc1ccnc(SCc2nc3cc(NC(=O)Nc4cccc(Cl)c4)ccc3n2C)n1. The molecule has 2 N–H and O–H groups in total. The minimum absolute atomic E-state index is 0.347. The summed E-state index contributed by atoms with van der Waals surface area (Å²) in [4.78, 5) is 25.7. The van der Waals surface area contributed by atoms with Crippen molar-refractivity contribution in [2.24, 2.45) is 7.05 Å². The van der Waals surface area contributed by atoms with Crippen molar-refractivity contribution >= 4 is 51.8 Å². The van der Waals surface area contributed by atoms with Gasteiger partial charge in [0.2, 0.25) is 0 Å². The molecule has 152 valence electrons. The second-order valence-electron chi connectivity index (χ2n) is 6.65. The average Bonchev–Trinajstić information content (AvgIpc) is 3.01. The summed E-state index contributed by atoms with van der Waals surface area (Å²) >= 11 is 7.49. The lowest BCUT2D eigenvalue weighted by molar-refractivity contribution is 0.262. The number of nitrogens with one attached hydrogen (secondary N) is 2. The molecule has 2 aromatic heterocycles. The van der Waals surface area contributed by atoms with Crippen molar-refractivity contribution in [3.8, 4) is 0 Å². The van der Waals surface area contributed by atoms with Gasteiger partial charge in [0, 0.05) is 35.3 Å². The molecular weight excluding hydrogens is 420 g/mol. The van der Waals surface area contributed by atoms with Gasteiger partial charge in [0.1, 0.15) is 5.82 Å². The minimum Gasteiger partial charge on any atom is -0.330 e. The summed E-state index contributed by atoms with van der Waals surface area (Å²) in [6, 6.07) is 14.2. The van der Waals surface area contributed by atoms with E-state index < -0.39 is 0 Å². The topological polar surface area (TPSA) is 84.7 Å². The van der Waals surface area contributed by atoms with Gasteiger partial charge in [-0.2, -0.15) is 0 Å². The van der Waals surface area contributed by atoms with Crippen LogP contribution in [0.1, 0.15) is 11.5 Å². The number of benzene rings is 2. The number of aryl methyl sites for hydroxylation is 2. The Balaban J connectivity index is 1.46. The number of halogens is 1. The van der Waals surface area contributed by atoms with Crippen LogP contribution in [0, 0.1) is 6.92 Å². The number of anilines is 2. The quantitative estimate of drug-likeness (QED) is 0.328. The Bertz CT molecular complexity index is 1230. The first kappa shape index (κ1) is 20.2. The van der Waals surface area contributed by atoms with Crippen molar-refractivity contribution in [3.63, 3.8) is 0 Å². The van der Waals surface area contributed by atoms with Gasteiger partial charge in [-0.3, -0.25) is 0 Å². The molecule has 0 aliphatic carbocycles. The maximum Gasteiger partial charge on any atom is 0.323 e. The van der Waals surface area contributed by atoms with E-state index in [-0.39, 0.29) is 6.03 Å². The van der Waals surface area contributed by atoms with Gasteiger partial charge >= 0.3 is 6.03 Å². The van der Waals surface area contributed by atoms with Crippen molar-refractivity contribution in [2.45, 2.75) is 17.8 Å². The molecule has 9 heteroatoms. The van der Waals surface area contributed by atoms with Crippen LogP contribution in [-0.4, -0.2) is 25.6 Å². The molecule has 0 aliphatic rings. The molecule has 0 spiro atoms. The number of hydrogen-bond donors (Lipinski definition) is 2. The highest BCUT2D eigenvalue weighted by Gasteiger charge is 2.11. The lowest BCUT2D eigenvalue weighted by Gasteiger charge is -2.08. The second-order valence-corrected chi connectivity index (χ2v) is 8.03. The molecule has 0 saturated heterocycles. The summed E-state index contributed by atoms with van der Waals surface area (Å²) in [7, 11) is 1.97. The van der Waals surface area contributed by atoms with Crippen LogP contribution in [0.2, 0.25) is 5.02 Å². The summed E-state index contributed by atoms with van der Waals surface area (Å²) in [5.41, 5.74) is 4.00. The number of urea groups is 1. The van der Waals surface area contributed by atoms with Crippen LogP contribution in [0.4, 0.5) is 16.2 Å². The van der Waals surface area contributed by atoms with Gasteiger partial charge in [-0.15, -0.1) is 0 Å². The Kier molecular flexibility index (Phi) is 5.87. The summed E-state index contributed by atoms with van der Waals surface area (Å²) in [6.07, 6.45) is 1.76. The molecule has 4 rings (SSSR count). The molecule has 0 atom stereocenters. The third kappa shape index (κ3) is 4.72. The van der Waals surface area contributed by atoms with Gasteiger partial charge in [-0.1, -0.05) is 29.4 Å². The lowest BCUT2D eigenvalue weighted by atomic mass is 10.2. The zero-order valence-electron chi connectivity index (χ0n) is 16.4. The number of nitrogens with zero attached hydrogens (tertiary/aromatic N) is 4. The Morgan fingerprint density at radius 1 is 1.10 bits per heavy atom. The number of hydrogen-bond acceptors (Lipinski definition) is 5. The number of carbonyl (C=O) groups is 1. The molecule has 2 amide bonds. The normalized spacial score (nSPS) is 10.9. The molecule has 30 heavy (non-hydrogen) atoms. The number of fused-ring (bicyclic) bond motifs is 1. The fourth-order valence-corrected chi connectivity index (χ4v) is 3.99. The van der Waals surface area contributed by atoms with E-state index in [1.165, 1.54) is 11.8 Å². The third-order valence-corrected chi connectivity index (χ3v) is 5.51. The zero-order valence-corrected chi connectivity index (χ0v) is 18.0. The molecule has 0 unspecified atom stereocenters. The molecule has 4 aromatic rings. The van der Waals surface area contributed by atoms with E-state index in [9.17, 15) is 4.79 Å². The molecule has 0 radical (unpaired) electrons. The van der Waals surface area contributed by atoms with Crippen molar-refractivity contribution in [3.05, 3.63) is 71.3 Å². The van der Waals surface area contributed by atoms with Crippen LogP contribution in [0.25, 0.3) is 11.0 Å². The second kappa shape index (κ2) is 8.73. The molecule has 7 nitrogen and oxygen atoms in total. The Morgan fingerprint density at radius 3 is 2.67 bits per heavy atom. The van der Waals surface area contributed by atoms with Gasteiger partial charge in [-0.25, -0.2) is 19.7 Å². The highest BCUT2D eigenvalue weighted by atomic mass is 35.5. The predicted octanol–water partition coefficient (Wildman–Crippen LogP) is 5.26. The maximum atomic E-state index is 12.3. The summed E-state index contributed by atoms with van der Waals surface area (Å²) in [6.45, 7) is 1.94. The van der Waals surface area contributed by atoms with Gasteiger partial charge in [0.05, 0.1) is 16.8 Å². The number of aromatic nitrogens is 4. The largest absolute Gasteiger partial charge is 0.330 e. The fourth-order valence-electron chi connectivity index (χ4n) is 2.94. The van der Waals surface area contributed by atoms with Gasteiger partial charge in [-0.05, 0) is 49.4 Å². The van der Waals surface area contributed by atoms with Crippen LogP contribution in [0.5, 0.6) is 0 Å². The predicted molar refractivity (Wildman–Crippen MR) is 121 cm³/mol. The van der Waals surface area contributed by atoms with Gasteiger partial charge < -0.3 is 15.2 Å². The monoisotopic (exact) mass is 438 g/mol. The summed E-state index contributed by atoms with van der Waals surface area (Å²) in [5.74, 6) is 1.55. The summed E-state index contributed by atoms with van der Waals surface area (Å²) in [5, 5.41) is 6.87. The van der Waals surface area contributed by atoms with E-state index in [2.05, 4.69) is 20.6 Å². The molecule has 2 heterocycles. The van der Waals surface area contributed by atoms with E-state index in [1.807, 2.05) is 42.8 Å². The maximum absolute atomic E-state index is 12.3. The number of amides is 2.